The standard InChI is InChI=1S/C35H46FN5O7Si/c1-22-32(49(4,5)36)30(16-18-40-20-28(38-39-40)26(21-42)24-11-7-6-8-12-24)48-35(22)27-19-25(37-33(45)23(2)43)14-15-29(27)41(34(35)46)17-10-9-13-31(44)47-3/h6-8,11-12,14-15,19-20,22-23,26,30,32,42-43H,9-10,13,16-18,21H2,1-5H3,(H,37,45)/t22-,23+,26?,30+,32-,35+/m1/s1. The smallest absolute Gasteiger partial charge is 0.305 e. The SMILES string of the molecule is COC(=O)CCCCN1C(=O)[C@@]2(O[C@@H](CCn3cc(C(CO)c4ccccc4)nn3)[C@H]([Si](C)(C)F)[C@H]2C)c2cc(NC(=O)[C@H](C)O)ccc21. The molecule has 1 fully saturated rings. The number of carbonyl (C=O) groups is 3. The fraction of sp³-hybridized carbons (Fsp3) is 0.514. The topological polar surface area (TPSA) is 156 Å². The number of amides is 2. The molecule has 49 heavy (non-hydrogen) atoms. The minimum Gasteiger partial charge on any atom is -0.469 e. The van der Waals surface area contributed by atoms with Gasteiger partial charge >= 0.3 is 5.97 Å². The Labute approximate surface area is 286 Å². The molecule has 2 aromatic carbocycles. The highest BCUT2D eigenvalue weighted by Gasteiger charge is 2.66. The first-order valence-corrected chi connectivity index (χ1v) is 19.7. The summed E-state index contributed by atoms with van der Waals surface area (Å²) in [5.74, 6) is -2.14. The molecule has 0 bridgehead atoms. The van der Waals surface area contributed by atoms with Crippen LogP contribution >= 0.6 is 0 Å². The zero-order valence-electron chi connectivity index (χ0n) is 28.6. The van der Waals surface area contributed by atoms with Crippen LogP contribution in [0.3, 0.4) is 0 Å². The number of anilines is 2. The van der Waals surface area contributed by atoms with Crippen molar-refractivity contribution in [3.8, 4) is 0 Å². The summed E-state index contributed by atoms with van der Waals surface area (Å²) in [6, 6.07) is 14.6. The van der Waals surface area contributed by atoms with Crippen LogP contribution in [0, 0.1) is 5.92 Å². The number of aromatic nitrogens is 3. The van der Waals surface area contributed by atoms with Gasteiger partial charge in [0.25, 0.3) is 11.8 Å². The third kappa shape index (κ3) is 7.32. The third-order valence-electron chi connectivity index (χ3n) is 9.79. The highest BCUT2D eigenvalue weighted by molar-refractivity contribution is 6.72. The average Bonchev–Trinajstić information content (AvgIpc) is 3.72. The van der Waals surface area contributed by atoms with E-state index >= 15 is 4.11 Å². The van der Waals surface area contributed by atoms with E-state index in [2.05, 4.69) is 15.6 Å². The lowest BCUT2D eigenvalue weighted by molar-refractivity contribution is -0.146. The van der Waals surface area contributed by atoms with E-state index in [1.807, 2.05) is 37.3 Å². The second-order valence-corrected chi connectivity index (χ2v) is 17.3. The van der Waals surface area contributed by atoms with Crippen LogP contribution in [-0.4, -0.2) is 83.9 Å². The lowest BCUT2D eigenvalue weighted by Gasteiger charge is -2.31. The Balaban J connectivity index is 1.45. The molecule has 264 valence electrons. The number of fused-ring (bicyclic) bond motifs is 2. The van der Waals surface area contributed by atoms with Gasteiger partial charge in [-0.2, -0.15) is 0 Å². The predicted molar refractivity (Wildman–Crippen MR) is 183 cm³/mol. The van der Waals surface area contributed by atoms with Gasteiger partial charge in [-0.1, -0.05) is 42.5 Å². The Morgan fingerprint density at radius 2 is 1.90 bits per heavy atom. The number of halogens is 1. The Morgan fingerprint density at radius 3 is 2.55 bits per heavy atom. The van der Waals surface area contributed by atoms with Crippen molar-refractivity contribution in [3.63, 3.8) is 0 Å². The number of methoxy groups -OCH3 is 1. The van der Waals surface area contributed by atoms with Crippen LogP contribution in [0.4, 0.5) is 15.5 Å². The fourth-order valence-electron chi connectivity index (χ4n) is 7.40. The molecule has 1 spiro atoms. The number of carbonyl (C=O) groups excluding carboxylic acids is 3. The van der Waals surface area contributed by atoms with E-state index in [1.54, 1.807) is 47.1 Å². The van der Waals surface area contributed by atoms with Crippen LogP contribution in [0.2, 0.25) is 18.6 Å². The largest absolute Gasteiger partial charge is 0.469 e. The van der Waals surface area contributed by atoms with Gasteiger partial charge < -0.3 is 34.0 Å². The van der Waals surface area contributed by atoms with Crippen LogP contribution in [0.15, 0.2) is 54.7 Å². The van der Waals surface area contributed by atoms with E-state index in [4.69, 9.17) is 9.47 Å². The van der Waals surface area contributed by atoms with Crippen molar-refractivity contribution < 1.29 is 38.2 Å². The van der Waals surface area contributed by atoms with Gasteiger partial charge in [0, 0.05) is 48.4 Å². The van der Waals surface area contributed by atoms with Crippen molar-refractivity contribution in [2.75, 3.05) is 30.5 Å². The fourth-order valence-corrected chi connectivity index (χ4v) is 9.94. The summed E-state index contributed by atoms with van der Waals surface area (Å²) in [7, 11) is -2.12. The first-order valence-electron chi connectivity index (χ1n) is 16.8. The molecule has 0 aliphatic carbocycles. The summed E-state index contributed by atoms with van der Waals surface area (Å²) in [6.45, 7) is 7.00. The molecule has 0 radical (unpaired) electrons. The zero-order chi connectivity index (χ0) is 35.5. The summed E-state index contributed by atoms with van der Waals surface area (Å²) in [5.41, 5.74) is 0.952. The van der Waals surface area contributed by atoms with E-state index in [0.29, 0.717) is 55.0 Å². The number of aryl methyl sites for hydroxylation is 1. The molecule has 1 saturated heterocycles. The number of unbranched alkanes of at least 4 members (excludes halogenated alkanes) is 1. The molecule has 12 nitrogen and oxygen atoms in total. The third-order valence-corrected chi connectivity index (χ3v) is 12.2. The monoisotopic (exact) mass is 695 g/mol. The molecule has 3 heterocycles. The summed E-state index contributed by atoms with van der Waals surface area (Å²) >= 11 is 0. The first-order chi connectivity index (χ1) is 23.3. The number of ether oxygens (including phenoxy) is 2. The zero-order valence-corrected chi connectivity index (χ0v) is 29.6. The molecule has 0 saturated carbocycles. The van der Waals surface area contributed by atoms with Crippen molar-refractivity contribution >= 4 is 37.6 Å². The number of hydrogen-bond donors (Lipinski definition) is 3. The predicted octanol–water partition coefficient (Wildman–Crippen LogP) is 4.28. The van der Waals surface area contributed by atoms with Crippen LogP contribution in [-0.2, 0) is 36.0 Å². The first kappa shape index (κ1) is 36.3. The number of esters is 1. The number of hydrogen-bond acceptors (Lipinski definition) is 9. The number of benzene rings is 2. The molecule has 3 N–H and O–H groups in total. The molecule has 2 aliphatic rings. The lowest BCUT2D eigenvalue weighted by Crippen LogP contribution is -2.45. The van der Waals surface area contributed by atoms with E-state index in [1.165, 1.54) is 14.0 Å². The quantitative estimate of drug-likeness (QED) is 0.0970. The Bertz CT molecular complexity index is 1650. The highest BCUT2D eigenvalue weighted by Crippen LogP contribution is 2.60. The minimum atomic E-state index is -3.45. The maximum absolute atomic E-state index is 16.3. The lowest BCUT2D eigenvalue weighted by atomic mass is 9.82. The van der Waals surface area contributed by atoms with E-state index in [9.17, 15) is 24.6 Å². The number of nitrogens with zero attached hydrogens (tertiary/aromatic N) is 4. The average molecular weight is 696 g/mol. The number of aliphatic hydroxyl groups is 2. The van der Waals surface area contributed by atoms with Gasteiger partial charge in [-0.15, -0.1) is 5.10 Å². The van der Waals surface area contributed by atoms with Gasteiger partial charge in [0.1, 0.15) is 6.10 Å². The van der Waals surface area contributed by atoms with Crippen molar-refractivity contribution in [2.45, 2.75) is 88.4 Å². The van der Waals surface area contributed by atoms with Crippen molar-refractivity contribution in [2.24, 2.45) is 5.92 Å². The normalized spacial score (nSPS) is 23.1. The van der Waals surface area contributed by atoms with Gasteiger partial charge in [0.2, 0.25) is 8.41 Å². The maximum atomic E-state index is 16.3. The minimum absolute atomic E-state index is 0.140. The molecule has 3 aromatic rings. The molecule has 5 rings (SSSR count). The summed E-state index contributed by atoms with van der Waals surface area (Å²) in [6.07, 6.45) is 1.50. The van der Waals surface area contributed by atoms with Gasteiger partial charge in [0.15, 0.2) is 5.60 Å². The molecule has 1 aromatic heterocycles. The molecule has 14 heteroatoms. The Hall–Kier alpha value is -3.98. The van der Waals surface area contributed by atoms with Crippen LogP contribution in [0.1, 0.15) is 62.3 Å². The summed E-state index contributed by atoms with van der Waals surface area (Å²) in [5, 5.41) is 31.2. The van der Waals surface area contributed by atoms with Gasteiger partial charge in [-0.25, -0.2) is 0 Å². The van der Waals surface area contributed by atoms with E-state index < -0.39 is 43.6 Å². The van der Waals surface area contributed by atoms with Crippen LogP contribution < -0.4 is 10.2 Å². The molecular formula is C35H46FN5O7Si. The van der Waals surface area contributed by atoms with Crippen LogP contribution in [0.25, 0.3) is 0 Å². The van der Waals surface area contributed by atoms with Gasteiger partial charge in [-0.3, -0.25) is 19.1 Å². The van der Waals surface area contributed by atoms with Crippen molar-refractivity contribution in [1.82, 2.24) is 15.0 Å². The van der Waals surface area contributed by atoms with Gasteiger partial charge in [0.05, 0.1) is 37.1 Å². The molecular weight excluding hydrogens is 649 g/mol. The molecule has 6 atom stereocenters. The maximum Gasteiger partial charge on any atom is 0.305 e. The number of aliphatic hydroxyl groups excluding tert-OH is 2. The molecule has 1 unspecified atom stereocenters. The Morgan fingerprint density at radius 1 is 1.16 bits per heavy atom. The van der Waals surface area contributed by atoms with Crippen molar-refractivity contribution in [1.29, 1.82) is 0 Å². The highest BCUT2D eigenvalue weighted by atomic mass is 28.4. The second-order valence-electron chi connectivity index (χ2n) is 13.5. The summed E-state index contributed by atoms with van der Waals surface area (Å²) in [4.78, 5) is 40.3. The Kier molecular flexibility index (Phi) is 11.0. The van der Waals surface area contributed by atoms with E-state index in [0.717, 1.165) is 5.56 Å². The second kappa shape index (κ2) is 14.9. The number of nitrogens with one attached hydrogen (secondary N) is 1. The van der Waals surface area contributed by atoms with Crippen molar-refractivity contribution in [3.05, 3.63) is 71.5 Å². The number of rotatable bonds is 14. The molecule has 2 amide bonds. The molecule has 2 aliphatic heterocycles. The summed E-state index contributed by atoms with van der Waals surface area (Å²) < 4.78 is 29.6. The van der Waals surface area contributed by atoms with Crippen LogP contribution in [0.5, 0.6) is 0 Å². The van der Waals surface area contributed by atoms with Gasteiger partial charge in [-0.05, 0) is 63.0 Å². The van der Waals surface area contributed by atoms with E-state index in [-0.39, 0.29) is 30.8 Å².